The fourth-order valence-corrected chi connectivity index (χ4v) is 2.32. The van der Waals surface area contributed by atoms with E-state index in [2.05, 4.69) is 20.5 Å². The number of hydrogen-bond acceptors (Lipinski definition) is 7. The van der Waals surface area contributed by atoms with E-state index in [9.17, 15) is 5.26 Å². The Morgan fingerprint density at radius 2 is 1.59 bits per heavy atom. The molecule has 3 aromatic rings. The van der Waals surface area contributed by atoms with Gasteiger partial charge in [0.1, 0.15) is 23.3 Å². The van der Waals surface area contributed by atoms with Crippen molar-refractivity contribution in [1.82, 2.24) is 9.97 Å². The van der Waals surface area contributed by atoms with Gasteiger partial charge in [0, 0.05) is 11.6 Å². The van der Waals surface area contributed by atoms with E-state index in [1.165, 1.54) is 0 Å². The van der Waals surface area contributed by atoms with Gasteiger partial charge >= 0.3 is 0 Å². The van der Waals surface area contributed by atoms with Crippen molar-refractivity contribution in [3.05, 3.63) is 65.9 Å². The highest BCUT2D eigenvalue weighted by molar-refractivity contribution is 5.80. The molecule has 0 aliphatic rings. The Balaban J connectivity index is 1.80. The van der Waals surface area contributed by atoms with Gasteiger partial charge in [0.2, 0.25) is 5.95 Å². The van der Waals surface area contributed by atoms with E-state index in [-0.39, 0.29) is 11.6 Å². The minimum absolute atomic E-state index is 0.240. The third-order valence-electron chi connectivity index (χ3n) is 3.72. The average molecular weight is 359 g/mol. The Hall–Kier alpha value is -3.92. The topological polar surface area (TPSA) is 92.4 Å². The Morgan fingerprint density at radius 3 is 2.19 bits per heavy atom. The first-order valence-electron chi connectivity index (χ1n) is 8.08. The molecule has 0 aliphatic heterocycles. The van der Waals surface area contributed by atoms with E-state index < -0.39 is 0 Å². The summed E-state index contributed by atoms with van der Waals surface area (Å²) in [7, 11) is 3.22. The molecule has 0 aliphatic carbocycles. The van der Waals surface area contributed by atoms with Crippen LogP contribution in [0.4, 0.5) is 5.95 Å². The lowest BCUT2D eigenvalue weighted by atomic mass is 10.1. The normalized spacial score (nSPS) is 10.4. The second-order valence-electron chi connectivity index (χ2n) is 5.45. The van der Waals surface area contributed by atoms with Crippen LogP contribution in [0.1, 0.15) is 11.3 Å². The van der Waals surface area contributed by atoms with Crippen molar-refractivity contribution in [1.29, 1.82) is 5.26 Å². The first-order valence-corrected chi connectivity index (χ1v) is 8.08. The summed E-state index contributed by atoms with van der Waals surface area (Å²) in [6.07, 6.45) is 1.63. The number of nitrogens with one attached hydrogen (secondary N) is 1. The van der Waals surface area contributed by atoms with Crippen LogP contribution in [-0.2, 0) is 0 Å². The van der Waals surface area contributed by atoms with Gasteiger partial charge < -0.3 is 9.47 Å². The van der Waals surface area contributed by atoms with Crippen LogP contribution >= 0.6 is 0 Å². The Morgan fingerprint density at radius 1 is 0.963 bits per heavy atom. The van der Waals surface area contributed by atoms with E-state index in [1.807, 2.05) is 54.6 Å². The molecule has 0 saturated heterocycles. The number of nitriles is 1. The summed E-state index contributed by atoms with van der Waals surface area (Å²) in [4.78, 5) is 8.55. The van der Waals surface area contributed by atoms with Crippen LogP contribution in [0, 0.1) is 11.3 Å². The second-order valence-corrected chi connectivity index (χ2v) is 5.45. The van der Waals surface area contributed by atoms with Gasteiger partial charge in [0.15, 0.2) is 0 Å². The summed E-state index contributed by atoms with van der Waals surface area (Å²) in [6, 6.07) is 18.5. The molecule has 1 N–H and O–H groups in total. The molecular weight excluding hydrogens is 342 g/mol. The van der Waals surface area contributed by atoms with Gasteiger partial charge in [-0.05, 0) is 54.1 Å². The fraction of sp³-hybridized carbons (Fsp3) is 0.100. The van der Waals surface area contributed by atoms with Crippen molar-refractivity contribution in [2.45, 2.75) is 0 Å². The van der Waals surface area contributed by atoms with Gasteiger partial charge in [-0.25, -0.2) is 15.4 Å². The van der Waals surface area contributed by atoms with E-state index in [4.69, 9.17) is 9.47 Å². The molecule has 7 heteroatoms. The SMILES string of the molecule is COc1ccc(C=NNc2nc(C#N)cc(-c3ccc(OC)cc3)n2)cc1. The summed E-state index contributed by atoms with van der Waals surface area (Å²) in [5, 5.41) is 13.4. The van der Waals surface area contributed by atoms with Gasteiger partial charge in [-0.15, -0.1) is 0 Å². The maximum absolute atomic E-state index is 9.23. The lowest BCUT2D eigenvalue weighted by molar-refractivity contribution is 0.414. The van der Waals surface area contributed by atoms with E-state index in [0.29, 0.717) is 5.69 Å². The van der Waals surface area contributed by atoms with Crippen molar-refractivity contribution in [2.24, 2.45) is 5.10 Å². The highest BCUT2D eigenvalue weighted by Crippen LogP contribution is 2.22. The molecule has 0 fully saturated rings. The highest BCUT2D eigenvalue weighted by atomic mass is 16.5. The number of hydrazone groups is 1. The zero-order valence-corrected chi connectivity index (χ0v) is 14.9. The summed E-state index contributed by atoms with van der Waals surface area (Å²) in [5.41, 5.74) is 5.36. The quantitative estimate of drug-likeness (QED) is 0.535. The zero-order valence-electron chi connectivity index (χ0n) is 14.9. The van der Waals surface area contributed by atoms with Crippen LogP contribution in [0.25, 0.3) is 11.3 Å². The van der Waals surface area contributed by atoms with Crippen molar-refractivity contribution < 1.29 is 9.47 Å². The molecule has 0 amide bonds. The van der Waals surface area contributed by atoms with Gasteiger partial charge in [0.05, 0.1) is 26.1 Å². The lowest BCUT2D eigenvalue weighted by Crippen LogP contribution is -2.00. The molecule has 0 atom stereocenters. The van der Waals surface area contributed by atoms with Crippen LogP contribution in [-0.4, -0.2) is 30.4 Å². The summed E-state index contributed by atoms with van der Waals surface area (Å²) in [6.45, 7) is 0. The molecule has 7 nitrogen and oxygen atoms in total. The third-order valence-corrected chi connectivity index (χ3v) is 3.72. The molecule has 0 unspecified atom stereocenters. The highest BCUT2D eigenvalue weighted by Gasteiger charge is 2.06. The van der Waals surface area contributed by atoms with Crippen LogP contribution in [0.5, 0.6) is 11.5 Å². The van der Waals surface area contributed by atoms with E-state index in [0.717, 1.165) is 22.6 Å². The monoisotopic (exact) mass is 359 g/mol. The van der Waals surface area contributed by atoms with Crippen molar-refractivity contribution >= 4 is 12.2 Å². The molecule has 0 radical (unpaired) electrons. The first kappa shape index (κ1) is 17.9. The standard InChI is InChI=1S/C20H17N5O2/c1-26-17-7-3-14(4-8-17)13-22-25-20-23-16(12-21)11-19(24-20)15-5-9-18(27-2)10-6-15/h3-11,13H,1-2H3,(H,23,24,25). The summed E-state index contributed by atoms with van der Waals surface area (Å²) >= 11 is 0. The molecular formula is C20H17N5O2. The number of methoxy groups -OCH3 is 2. The predicted molar refractivity (Wildman–Crippen MR) is 103 cm³/mol. The van der Waals surface area contributed by atoms with Crippen molar-refractivity contribution in [3.8, 4) is 28.8 Å². The van der Waals surface area contributed by atoms with Crippen LogP contribution in [0.2, 0.25) is 0 Å². The minimum Gasteiger partial charge on any atom is -0.497 e. The second kappa shape index (κ2) is 8.45. The van der Waals surface area contributed by atoms with Gasteiger partial charge in [-0.1, -0.05) is 0 Å². The number of hydrogen-bond donors (Lipinski definition) is 1. The number of ether oxygens (including phenoxy) is 2. The summed E-state index contributed by atoms with van der Waals surface area (Å²) < 4.78 is 10.3. The molecule has 1 heterocycles. The fourth-order valence-electron chi connectivity index (χ4n) is 2.32. The lowest BCUT2D eigenvalue weighted by Gasteiger charge is -2.06. The zero-order chi connectivity index (χ0) is 19.1. The molecule has 0 saturated carbocycles. The maximum atomic E-state index is 9.23. The first-order chi connectivity index (χ1) is 13.2. The number of nitrogens with zero attached hydrogens (tertiary/aromatic N) is 4. The van der Waals surface area contributed by atoms with E-state index in [1.54, 1.807) is 26.5 Å². The smallest absolute Gasteiger partial charge is 0.245 e. The molecule has 27 heavy (non-hydrogen) atoms. The van der Waals surface area contributed by atoms with Crippen LogP contribution in [0.3, 0.4) is 0 Å². The summed E-state index contributed by atoms with van der Waals surface area (Å²) in [5.74, 6) is 1.76. The Bertz CT molecular complexity index is 977. The molecule has 0 bridgehead atoms. The van der Waals surface area contributed by atoms with Gasteiger partial charge in [-0.3, -0.25) is 0 Å². The van der Waals surface area contributed by atoms with Crippen molar-refractivity contribution in [3.63, 3.8) is 0 Å². The minimum atomic E-state index is 0.240. The molecule has 134 valence electrons. The van der Waals surface area contributed by atoms with Gasteiger partial charge in [-0.2, -0.15) is 10.4 Å². The van der Waals surface area contributed by atoms with Crippen LogP contribution < -0.4 is 14.9 Å². The predicted octanol–water partition coefficient (Wildman–Crippen LogP) is 3.48. The number of benzene rings is 2. The Labute approximate surface area is 156 Å². The number of anilines is 1. The molecule has 1 aromatic heterocycles. The van der Waals surface area contributed by atoms with Crippen molar-refractivity contribution in [2.75, 3.05) is 19.6 Å². The van der Waals surface area contributed by atoms with E-state index >= 15 is 0 Å². The molecule has 3 rings (SSSR count). The number of aromatic nitrogens is 2. The molecule has 0 spiro atoms. The largest absolute Gasteiger partial charge is 0.497 e. The maximum Gasteiger partial charge on any atom is 0.245 e. The Kier molecular flexibility index (Phi) is 5.60. The molecule has 2 aromatic carbocycles. The number of rotatable bonds is 6. The van der Waals surface area contributed by atoms with Crippen LogP contribution in [0.15, 0.2) is 59.7 Å². The third kappa shape index (κ3) is 4.58. The van der Waals surface area contributed by atoms with Gasteiger partial charge in [0.25, 0.3) is 0 Å². The average Bonchev–Trinajstić information content (AvgIpc) is 2.74.